The van der Waals surface area contributed by atoms with E-state index in [1.807, 2.05) is 0 Å². The fraction of sp³-hybridized carbons (Fsp3) is 0.583. The molecule has 186 valence electrons. The molecule has 21 heteroatoms. The minimum absolute atomic E-state index is 0.228. The van der Waals surface area contributed by atoms with E-state index in [1.165, 1.54) is 6.92 Å². The number of nitrogen functional groups attached to an aromatic ring is 1. The van der Waals surface area contributed by atoms with Gasteiger partial charge in [0, 0.05) is 0 Å². The summed E-state index contributed by atoms with van der Waals surface area (Å²) in [7, 11) is -16.9. The van der Waals surface area contributed by atoms with E-state index in [-0.39, 0.29) is 5.82 Å². The maximum Gasteiger partial charge on any atom is 0.490 e. The Bertz CT molecular complexity index is 1160. The SMILES string of the molecule is CC#CC1(Cl)[C@@H](O)[C@@H]([C@H](C)OP(=O)(O)OP(=O)(O)OP(=O)(O)O)O[C@H]1n1ncc(N)nc1=O. The second-order valence-electron chi connectivity index (χ2n) is 6.35. The molecule has 0 aromatic carbocycles. The summed E-state index contributed by atoms with van der Waals surface area (Å²) in [4.78, 5) is 49.6. The van der Waals surface area contributed by atoms with Crippen LogP contribution < -0.4 is 11.4 Å². The second-order valence-corrected chi connectivity index (χ2v) is 11.3. The van der Waals surface area contributed by atoms with E-state index in [1.54, 1.807) is 0 Å². The molecule has 7 atom stereocenters. The van der Waals surface area contributed by atoms with Crippen molar-refractivity contribution >= 4 is 40.9 Å². The molecule has 0 amide bonds. The Morgan fingerprint density at radius 1 is 1.27 bits per heavy atom. The van der Waals surface area contributed by atoms with Gasteiger partial charge in [-0.25, -0.2) is 18.5 Å². The fourth-order valence-corrected chi connectivity index (χ4v) is 6.29. The molecule has 0 saturated carbocycles. The lowest BCUT2D eigenvalue weighted by molar-refractivity contribution is -0.0785. The molecule has 2 rings (SSSR count). The average Bonchev–Trinajstić information content (AvgIpc) is 2.83. The molecule has 33 heavy (non-hydrogen) atoms. The average molecular weight is 555 g/mol. The topological polar surface area (TPSA) is 263 Å². The third-order valence-corrected chi connectivity index (χ3v) is 8.27. The predicted molar refractivity (Wildman–Crippen MR) is 107 cm³/mol. The van der Waals surface area contributed by atoms with Gasteiger partial charge in [0.05, 0.1) is 12.3 Å². The lowest BCUT2D eigenvalue weighted by atomic mass is 9.97. The van der Waals surface area contributed by atoms with Crippen LogP contribution in [0.4, 0.5) is 5.82 Å². The molecule has 0 aliphatic carbocycles. The number of anilines is 1. The molecule has 0 bridgehead atoms. The standard InChI is InChI=1S/C12H18ClN4O13P3/c1-3-4-12(13)9(18)8(27-10(12)17-11(19)16-7(14)5-15-17)6(2)28-32(23,24)30-33(25,26)29-31(20,21)22/h5-6,8-10,18H,1-2H3,(H,23,24)(H,25,26)(H2,14,16,19)(H2,20,21,22)/t6-,8+,9-,10+,12?/m0/s1. The van der Waals surface area contributed by atoms with Crippen molar-refractivity contribution in [3.63, 3.8) is 0 Å². The Hall–Kier alpha value is -1.21. The van der Waals surface area contributed by atoms with E-state index in [0.717, 1.165) is 13.1 Å². The fourth-order valence-electron chi connectivity index (χ4n) is 2.73. The van der Waals surface area contributed by atoms with Crippen LogP contribution in [0.2, 0.25) is 0 Å². The van der Waals surface area contributed by atoms with Gasteiger partial charge in [0.2, 0.25) is 0 Å². The van der Waals surface area contributed by atoms with E-state index in [9.17, 15) is 33.4 Å². The summed E-state index contributed by atoms with van der Waals surface area (Å²) in [6.07, 6.45) is -5.73. The molecule has 1 aromatic rings. The van der Waals surface area contributed by atoms with Crippen LogP contribution in [0.25, 0.3) is 0 Å². The molecule has 3 unspecified atom stereocenters. The molecule has 2 heterocycles. The molecule has 1 saturated heterocycles. The van der Waals surface area contributed by atoms with Crippen LogP contribution in [0.5, 0.6) is 0 Å². The molecule has 0 radical (unpaired) electrons. The number of aliphatic hydroxyl groups excluding tert-OH is 1. The Balaban J connectivity index is 2.31. The number of aromatic nitrogens is 3. The van der Waals surface area contributed by atoms with Gasteiger partial charge in [-0.15, -0.1) is 5.92 Å². The number of halogens is 1. The summed E-state index contributed by atoms with van der Waals surface area (Å²) in [6.45, 7) is 2.40. The van der Waals surface area contributed by atoms with Crippen molar-refractivity contribution in [1.82, 2.24) is 14.8 Å². The highest BCUT2D eigenvalue weighted by molar-refractivity contribution is 7.66. The van der Waals surface area contributed by atoms with Gasteiger partial charge in [0.1, 0.15) is 18.0 Å². The minimum Gasteiger partial charge on any atom is -0.387 e. The van der Waals surface area contributed by atoms with Crippen molar-refractivity contribution in [3.05, 3.63) is 16.7 Å². The first-order chi connectivity index (χ1) is 14.9. The summed E-state index contributed by atoms with van der Waals surface area (Å²) in [5, 5.41) is 14.4. The Morgan fingerprint density at radius 3 is 2.39 bits per heavy atom. The van der Waals surface area contributed by atoms with Gasteiger partial charge in [-0.2, -0.15) is 23.4 Å². The van der Waals surface area contributed by atoms with Crippen molar-refractivity contribution < 1.29 is 56.3 Å². The maximum atomic E-state index is 12.2. The van der Waals surface area contributed by atoms with Gasteiger partial charge in [0.25, 0.3) is 0 Å². The zero-order valence-corrected chi connectivity index (χ0v) is 20.0. The van der Waals surface area contributed by atoms with Crippen LogP contribution >= 0.6 is 35.1 Å². The van der Waals surface area contributed by atoms with E-state index < -0.39 is 58.6 Å². The lowest BCUT2D eigenvalue weighted by Crippen LogP contribution is -2.45. The third-order valence-electron chi connectivity index (χ3n) is 3.84. The highest BCUT2D eigenvalue weighted by Crippen LogP contribution is 2.66. The zero-order chi connectivity index (χ0) is 25.4. The molecule has 1 aliphatic heterocycles. The number of phosphoric ester groups is 1. The molecule has 1 aliphatic rings. The van der Waals surface area contributed by atoms with E-state index in [0.29, 0.717) is 4.68 Å². The quantitative estimate of drug-likeness (QED) is 0.130. The monoisotopic (exact) mass is 554 g/mol. The number of ether oxygens (including phenoxy) is 1. The summed E-state index contributed by atoms with van der Waals surface area (Å²) >= 11 is 6.41. The van der Waals surface area contributed by atoms with Crippen molar-refractivity contribution in [2.75, 3.05) is 5.73 Å². The minimum atomic E-state index is -5.77. The third kappa shape index (κ3) is 6.91. The van der Waals surface area contributed by atoms with E-state index in [2.05, 4.69) is 35.1 Å². The summed E-state index contributed by atoms with van der Waals surface area (Å²) < 4.78 is 52.2. The van der Waals surface area contributed by atoms with Gasteiger partial charge in [0.15, 0.2) is 11.1 Å². The predicted octanol–water partition coefficient (Wildman–Crippen LogP) is -0.789. The molecular formula is C12H18ClN4O13P3. The number of alkyl halides is 1. The number of nitrogens with two attached hydrogens (primary N) is 1. The second kappa shape index (κ2) is 9.80. The Kier molecular flexibility index (Phi) is 8.33. The van der Waals surface area contributed by atoms with E-state index in [4.69, 9.17) is 31.9 Å². The number of rotatable bonds is 8. The van der Waals surface area contributed by atoms with Gasteiger partial charge in [-0.05, 0) is 13.8 Å². The normalized spacial score (nSPS) is 30.0. The largest absolute Gasteiger partial charge is 0.490 e. The highest BCUT2D eigenvalue weighted by atomic mass is 35.5. The van der Waals surface area contributed by atoms with Gasteiger partial charge in [-0.3, -0.25) is 4.52 Å². The van der Waals surface area contributed by atoms with Crippen molar-refractivity contribution in [1.29, 1.82) is 0 Å². The van der Waals surface area contributed by atoms with Gasteiger partial charge in [-0.1, -0.05) is 17.5 Å². The lowest BCUT2D eigenvalue weighted by Gasteiger charge is -2.26. The highest BCUT2D eigenvalue weighted by Gasteiger charge is 2.59. The van der Waals surface area contributed by atoms with Crippen molar-refractivity contribution in [2.45, 2.75) is 43.3 Å². The van der Waals surface area contributed by atoms with Crippen LogP contribution in [0.15, 0.2) is 11.0 Å². The molecule has 0 spiro atoms. The first kappa shape index (κ1) is 28.0. The molecular weight excluding hydrogens is 537 g/mol. The summed E-state index contributed by atoms with van der Waals surface area (Å²) in [6, 6.07) is 0. The van der Waals surface area contributed by atoms with Crippen LogP contribution in [-0.2, 0) is 31.6 Å². The molecule has 17 nitrogen and oxygen atoms in total. The number of hydrogen-bond donors (Lipinski definition) is 6. The van der Waals surface area contributed by atoms with Crippen LogP contribution in [0.1, 0.15) is 20.1 Å². The van der Waals surface area contributed by atoms with Crippen molar-refractivity contribution in [3.8, 4) is 11.8 Å². The molecule has 1 aromatic heterocycles. The number of phosphoric acid groups is 3. The van der Waals surface area contributed by atoms with Crippen LogP contribution in [0, 0.1) is 11.8 Å². The Morgan fingerprint density at radius 2 is 1.88 bits per heavy atom. The van der Waals surface area contributed by atoms with Crippen LogP contribution in [-0.4, -0.2) is 62.6 Å². The number of aliphatic hydroxyl groups is 1. The van der Waals surface area contributed by atoms with Crippen LogP contribution in [0.3, 0.4) is 0 Å². The van der Waals surface area contributed by atoms with Gasteiger partial charge >= 0.3 is 29.2 Å². The van der Waals surface area contributed by atoms with E-state index >= 15 is 0 Å². The smallest absolute Gasteiger partial charge is 0.387 e. The first-order valence-corrected chi connectivity index (χ1v) is 13.3. The Labute approximate surface area is 189 Å². The number of nitrogens with zero attached hydrogens (tertiary/aromatic N) is 3. The zero-order valence-electron chi connectivity index (χ0n) is 16.5. The van der Waals surface area contributed by atoms with Gasteiger partial charge < -0.3 is 35.2 Å². The molecule has 7 N–H and O–H groups in total. The summed E-state index contributed by atoms with van der Waals surface area (Å²) in [5.74, 6) is 4.65. The number of hydrogen-bond acceptors (Lipinski definition) is 12. The first-order valence-electron chi connectivity index (χ1n) is 8.40. The summed E-state index contributed by atoms with van der Waals surface area (Å²) in [5.41, 5.74) is 4.35. The van der Waals surface area contributed by atoms with Crippen molar-refractivity contribution in [2.24, 2.45) is 0 Å². The molecule has 1 fully saturated rings. The maximum absolute atomic E-state index is 12.2.